The van der Waals surface area contributed by atoms with Gasteiger partial charge in [-0.3, -0.25) is 14.8 Å². The predicted octanol–water partition coefficient (Wildman–Crippen LogP) is 2.41. The van der Waals surface area contributed by atoms with Gasteiger partial charge in [-0.05, 0) is 12.8 Å². The average Bonchev–Trinajstić information content (AvgIpc) is 2.70. The van der Waals surface area contributed by atoms with Gasteiger partial charge in [0.15, 0.2) is 11.6 Å². The molecule has 0 bridgehead atoms. The lowest BCUT2D eigenvalue weighted by Gasteiger charge is -2.32. The highest BCUT2D eigenvalue weighted by atomic mass is 19.2. The number of hydrogen-bond acceptors (Lipinski definition) is 6. The number of anilines is 1. The van der Waals surface area contributed by atoms with Crippen molar-refractivity contribution < 1.29 is 13.6 Å². The number of amides is 1. The van der Waals surface area contributed by atoms with E-state index in [1.54, 1.807) is 4.90 Å². The van der Waals surface area contributed by atoms with Gasteiger partial charge in [0.2, 0.25) is 0 Å². The van der Waals surface area contributed by atoms with Crippen LogP contribution >= 0.6 is 0 Å². The van der Waals surface area contributed by atoms with Crippen LogP contribution in [0.4, 0.5) is 14.6 Å². The standard InChI is InChI=1S/C18H16F2N6O/c19-12-7-14-15(8-13(12)20)25-17(10-23-14)24-11-1-5-26(6-2-11)18(27)16-9-21-3-4-22-16/h3-4,7-11H,1-2,5-6H2,(H,24,25). The maximum Gasteiger partial charge on any atom is 0.274 e. The number of rotatable bonds is 3. The number of fused-ring (bicyclic) bond motifs is 1. The van der Waals surface area contributed by atoms with E-state index in [0.29, 0.717) is 30.1 Å². The quantitative estimate of drug-likeness (QED) is 0.762. The van der Waals surface area contributed by atoms with Gasteiger partial charge in [0.1, 0.15) is 11.5 Å². The molecule has 3 heterocycles. The summed E-state index contributed by atoms with van der Waals surface area (Å²) in [7, 11) is 0. The molecule has 0 atom stereocenters. The van der Waals surface area contributed by atoms with E-state index < -0.39 is 11.6 Å². The maximum absolute atomic E-state index is 13.4. The minimum Gasteiger partial charge on any atom is -0.366 e. The molecular formula is C18H16F2N6O. The zero-order valence-corrected chi connectivity index (χ0v) is 14.3. The largest absolute Gasteiger partial charge is 0.366 e. The van der Waals surface area contributed by atoms with Crippen molar-refractivity contribution in [1.82, 2.24) is 24.8 Å². The number of nitrogens with one attached hydrogen (secondary N) is 1. The molecule has 0 saturated carbocycles. The number of carbonyl (C=O) groups excluding carboxylic acids is 1. The summed E-state index contributed by atoms with van der Waals surface area (Å²) in [4.78, 5) is 30.5. The minimum absolute atomic E-state index is 0.105. The molecular weight excluding hydrogens is 354 g/mol. The highest BCUT2D eigenvalue weighted by Gasteiger charge is 2.24. The molecule has 0 spiro atoms. The molecule has 1 aliphatic heterocycles. The Balaban J connectivity index is 1.40. The van der Waals surface area contributed by atoms with E-state index in [1.165, 1.54) is 24.8 Å². The number of likely N-dealkylation sites (tertiary alicyclic amines) is 1. The Hall–Kier alpha value is -3.23. The molecule has 1 N–H and O–H groups in total. The summed E-state index contributed by atoms with van der Waals surface area (Å²) < 4.78 is 26.6. The number of carbonyl (C=O) groups is 1. The Morgan fingerprint density at radius 2 is 1.78 bits per heavy atom. The number of nitrogens with zero attached hydrogens (tertiary/aromatic N) is 5. The van der Waals surface area contributed by atoms with Crippen molar-refractivity contribution in [3.05, 3.63) is 54.2 Å². The van der Waals surface area contributed by atoms with Crippen molar-refractivity contribution in [1.29, 1.82) is 0 Å². The van der Waals surface area contributed by atoms with E-state index >= 15 is 0 Å². The number of hydrogen-bond donors (Lipinski definition) is 1. The molecule has 0 unspecified atom stereocenters. The third-order valence-corrected chi connectivity index (χ3v) is 4.50. The van der Waals surface area contributed by atoms with E-state index in [2.05, 4.69) is 25.3 Å². The zero-order valence-electron chi connectivity index (χ0n) is 14.3. The van der Waals surface area contributed by atoms with Crippen LogP contribution in [0.2, 0.25) is 0 Å². The van der Waals surface area contributed by atoms with Crippen molar-refractivity contribution in [2.45, 2.75) is 18.9 Å². The number of benzene rings is 1. The number of halogens is 2. The fourth-order valence-corrected chi connectivity index (χ4v) is 3.09. The molecule has 4 rings (SSSR count). The first kappa shape index (κ1) is 17.2. The molecule has 0 radical (unpaired) electrons. The first-order valence-electron chi connectivity index (χ1n) is 8.54. The van der Waals surface area contributed by atoms with Crippen molar-refractivity contribution in [3.63, 3.8) is 0 Å². The van der Waals surface area contributed by atoms with Crippen LogP contribution in [0.15, 0.2) is 36.9 Å². The molecule has 1 saturated heterocycles. The topological polar surface area (TPSA) is 83.9 Å². The predicted molar refractivity (Wildman–Crippen MR) is 94.0 cm³/mol. The van der Waals surface area contributed by atoms with Gasteiger partial charge < -0.3 is 10.2 Å². The highest BCUT2D eigenvalue weighted by molar-refractivity contribution is 5.92. The molecule has 1 amide bonds. The lowest BCUT2D eigenvalue weighted by atomic mass is 10.0. The van der Waals surface area contributed by atoms with Gasteiger partial charge in [0.05, 0.1) is 23.4 Å². The van der Waals surface area contributed by atoms with E-state index in [1.807, 2.05) is 0 Å². The fraction of sp³-hybridized carbons (Fsp3) is 0.278. The Kier molecular flexibility index (Phi) is 4.57. The number of aromatic nitrogens is 4. The molecule has 1 fully saturated rings. The molecule has 7 nitrogen and oxygen atoms in total. The van der Waals surface area contributed by atoms with Crippen LogP contribution in [0, 0.1) is 11.6 Å². The molecule has 0 aliphatic carbocycles. The Morgan fingerprint density at radius 3 is 2.48 bits per heavy atom. The Labute approximate surface area is 153 Å². The van der Waals surface area contributed by atoms with Crippen molar-refractivity contribution >= 4 is 22.8 Å². The van der Waals surface area contributed by atoms with Crippen LogP contribution in [0.5, 0.6) is 0 Å². The number of piperidine rings is 1. The summed E-state index contributed by atoms with van der Waals surface area (Å²) in [6.45, 7) is 1.15. The first-order valence-corrected chi connectivity index (χ1v) is 8.54. The van der Waals surface area contributed by atoms with Gasteiger partial charge in [-0.25, -0.2) is 18.7 Å². The minimum atomic E-state index is -0.954. The molecule has 3 aromatic rings. The molecule has 27 heavy (non-hydrogen) atoms. The third kappa shape index (κ3) is 3.67. The van der Waals surface area contributed by atoms with Crippen LogP contribution in [-0.2, 0) is 0 Å². The lowest BCUT2D eigenvalue weighted by Crippen LogP contribution is -2.42. The van der Waals surface area contributed by atoms with Gasteiger partial charge >= 0.3 is 0 Å². The lowest BCUT2D eigenvalue weighted by molar-refractivity contribution is 0.0712. The summed E-state index contributed by atoms with van der Waals surface area (Å²) in [6, 6.07) is 2.16. The first-order chi connectivity index (χ1) is 13.1. The van der Waals surface area contributed by atoms with Crippen LogP contribution in [0.1, 0.15) is 23.3 Å². The maximum atomic E-state index is 13.4. The molecule has 9 heteroatoms. The highest BCUT2D eigenvalue weighted by Crippen LogP contribution is 2.20. The molecule has 1 aliphatic rings. The van der Waals surface area contributed by atoms with Gasteiger partial charge in [-0.15, -0.1) is 0 Å². The van der Waals surface area contributed by atoms with E-state index in [-0.39, 0.29) is 17.5 Å². The zero-order chi connectivity index (χ0) is 18.8. The molecule has 2 aromatic heterocycles. The van der Waals surface area contributed by atoms with E-state index in [4.69, 9.17) is 0 Å². The van der Waals surface area contributed by atoms with Crippen molar-refractivity contribution in [2.24, 2.45) is 0 Å². The van der Waals surface area contributed by atoms with Gasteiger partial charge in [0.25, 0.3) is 5.91 Å². The normalized spacial score (nSPS) is 15.1. The Bertz CT molecular complexity index is 976. The van der Waals surface area contributed by atoms with Crippen molar-refractivity contribution in [3.8, 4) is 0 Å². The van der Waals surface area contributed by atoms with E-state index in [9.17, 15) is 13.6 Å². The Morgan fingerprint density at radius 1 is 1.04 bits per heavy atom. The SMILES string of the molecule is O=C(c1cnccn1)N1CCC(Nc2cnc3cc(F)c(F)cc3n2)CC1. The molecule has 138 valence electrons. The average molecular weight is 370 g/mol. The smallest absolute Gasteiger partial charge is 0.274 e. The second-order valence-corrected chi connectivity index (χ2v) is 6.31. The van der Waals surface area contributed by atoms with Gasteiger partial charge in [-0.1, -0.05) is 0 Å². The van der Waals surface area contributed by atoms with Crippen LogP contribution < -0.4 is 5.32 Å². The van der Waals surface area contributed by atoms with Crippen molar-refractivity contribution in [2.75, 3.05) is 18.4 Å². The summed E-state index contributed by atoms with van der Waals surface area (Å²) in [5.74, 6) is -1.54. The monoisotopic (exact) mass is 370 g/mol. The fourth-order valence-electron chi connectivity index (χ4n) is 3.09. The van der Waals surface area contributed by atoms with Gasteiger partial charge in [-0.2, -0.15) is 0 Å². The second kappa shape index (κ2) is 7.18. The summed E-state index contributed by atoms with van der Waals surface area (Å²) in [6.07, 6.45) is 7.43. The second-order valence-electron chi connectivity index (χ2n) is 6.31. The van der Waals surface area contributed by atoms with E-state index in [0.717, 1.165) is 25.0 Å². The third-order valence-electron chi connectivity index (χ3n) is 4.50. The molecule has 1 aromatic carbocycles. The summed E-state index contributed by atoms with van der Waals surface area (Å²) in [5, 5.41) is 3.25. The summed E-state index contributed by atoms with van der Waals surface area (Å²) in [5.41, 5.74) is 0.913. The van der Waals surface area contributed by atoms with Crippen LogP contribution in [0.25, 0.3) is 11.0 Å². The van der Waals surface area contributed by atoms with Crippen LogP contribution in [-0.4, -0.2) is 49.9 Å². The van der Waals surface area contributed by atoms with Gasteiger partial charge in [0, 0.05) is 43.7 Å². The van der Waals surface area contributed by atoms with Crippen LogP contribution in [0.3, 0.4) is 0 Å². The summed E-state index contributed by atoms with van der Waals surface area (Å²) >= 11 is 0.